The molecule has 2 aliphatic rings. The van der Waals surface area contributed by atoms with Crippen LogP contribution in [0.1, 0.15) is 17.3 Å². The molecule has 25 heavy (non-hydrogen) atoms. The number of rotatable bonds is 3. The Labute approximate surface area is 152 Å². The van der Waals surface area contributed by atoms with Crippen LogP contribution >= 0.6 is 11.8 Å². The number of thioether (sulfide) groups is 1. The fourth-order valence-corrected chi connectivity index (χ4v) is 3.80. The van der Waals surface area contributed by atoms with E-state index in [9.17, 15) is 9.59 Å². The lowest BCUT2D eigenvalue weighted by molar-refractivity contribution is -0.111. The highest BCUT2D eigenvalue weighted by molar-refractivity contribution is 8.14. The normalized spacial score (nSPS) is 20.2. The first kappa shape index (κ1) is 17.5. The Bertz CT molecular complexity index is 694. The van der Waals surface area contributed by atoms with Crippen LogP contribution in [-0.2, 0) is 4.79 Å². The number of amides is 2. The minimum atomic E-state index is -0.266. The van der Waals surface area contributed by atoms with Crippen molar-refractivity contribution in [2.24, 2.45) is 4.99 Å². The summed E-state index contributed by atoms with van der Waals surface area (Å²) in [6.07, 6.45) is 1.21. The third kappa shape index (κ3) is 4.22. The molecule has 1 saturated heterocycles. The molecule has 132 valence electrons. The minimum absolute atomic E-state index is 0.0237. The maximum absolute atomic E-state index is 12.6. The summed E-state index contributed by atoms with van der Waals surface area (Å²) in [6, 6.07) is 6.95. The van der Waals surface area contributed by atoms with Crippen LogP contribution in [0.15, 0.2) is 41.9 Å². The van der Waals surface area contributed by atoms with E-state index in [0.717, 1.165) is 24.8 Å². The number of amidine groups is 1. The number of carbonyl (C=O) groups is 2. The number of carbonyl (C=O) groups excluding carboxylic acids is 2. The molecule has 1 unspecified atom stereocenters. The number of piperazine rings is 1. The maximum atomic E-state index is 12.6. The van der Waals surface area contributed by atoms with Gasteiger partial charge in [-0.2, -0.15) is 0 Å². The highest BCUT2D eigenvalue weighted by Gasteiger charge is 2.27. The molecule has 1 aromatic carbocycles. The Kier molecular flexibility index (Phi) is 5.43. The van der Waals surface area contributed by atoms with E-state index in [1.165, 1.54) is 6.08 Å². The molecule has 1 aromatic rings. The molecule has 0 saturated carbocycles. The fraction of sp³-hybridized carbons (Fsp3) is 0.389. The molecule has 0 spiro atoms. The van der Waals surface area contributed by atoms with Crippen molar-refractivity contribution in [1.82, 2.24) is 9.80 Å². The van der Waals surface area contributed by atoms with E-state index in [-0.39, 0.29) is 11.8 Å². The molecular formula is C18H22N4O2S. The molecule has 2 heterocycles. The van der Waals surface area contributed by atoms with Gasteiger partial charge in [0.15, 0.2) is 5.17 Å². The predicted octanol–water partition coefficient (Wildman–Crippen LogP) is 2.06. The van der Waals surface area contributed by atoms with Crippen LogP contribution in [0.25, 0.3) is 0 Å². The predicted molar refractivity (Wildman–Crippen MR) is 102 cm³/mol. The van der Waals surface area contributed by atoms with Gasteiger partial charge < -0.3 is 15.1 Å². The van der Waals surface area contributed by atoms with Crippen molar-refractivity contribution in [2.45, 2.75) is 12.2 Å². The average molecular weight is 358 g/mol. The van der Waals surface area contributed by atoms with Crippen LogP contribution in [0.5, 0.6) is 0 Å². The van der Waals surface area contributed by atoms with Crippen LogP contribution < -0.4 is 5.32 Å². The number of hydrogen-bond donors (Lipinski definition) is 1. The van der Waals surface area contributed by atoms with E-state index in [1.807, 2.05) is 16.7 Å². The molecule has 0 radical (unpaired) electrons. The summed E-state index contributed by atoms with van der Waals surface area (Å²) in [5.74, 6) is -0.243. The Balaban J connectivity index is 1.55. The Morgan fingerprint density at radius 1 is 1.24 bits per heavy atom. The van der Waals surface area contributed by atoms with E-state index in [1.54, 1.807) is 24.3 Å². The second-order valence-corrected chi connectivity index (χ2v) is 7.51. The second kappa shape index (κ2) is 7.74. The lowest BCUT2D eigenvalue weighted by Crippen LogP contribution is -2.49. The molecule has 2 aliphatic heterocycles. The Hall–Kier alpha value is -2.28. The summed E-state index contributed by atoms with van der Waals surface area (Å²) in [4.78, 5) is 32.6. The molecule has 3 rings (SSSR count). The van der Waals surface area contributed by atoms with Crippen LogP contribution in [0, 0.1) is 0 Å². The van der Waals surface area contributed by atoms with Crippen molar-refractivity contribution in [3.63, 3.8) is 0 Å². The van der Waals surface area contributed by atoms with Gasteiger partial charge in [0.25, 0.3) is 5.91 Å². The van der Waals surface area contributed by atoms with Crippen molar-refractivity contribution >= 4 is 34.4 Å². The smallest absolute Gasteiger partial charge is 0.253 e. The molecule has 7 heteroatoms. The Morgan fingerprint density at radius 3 is 2.48 bits per heavy atom. The SMILES string of the molecule is C=CC(=O)Nc1ccc(C(=O)N2CCN(C3=NCC(C)S3)CC2)cc1. The molecule has 0 bridgehead atoms. The van der Waals surface area contributed by atoms with E-state index in [2.05, 4.69) is 28.7 Å². The highest BCUT2D eigenvalue weighted by atomic mass is 32.2. The van der Waals surface area contributed by atoms with Gasteiger partial charge in [-0.15, -0.1) is 0 Å². The number of aliphatic imine (C=N–C) groups is 1. The van der Waals surface area contributed by atoms with Crippen molar-refractivity contribution < 1.29 is 9.59 Å². The van der Waals surface area contributed by atoms with E-state index in [4.69, 9.17) is 0 Å². The van der Waals surface area contributed by atoms with Crippen molar-refractivity contribution in [3.05, 3.63) is 42.5 Å². The van der Waals surface area contributed by atoms with Gasteiger partial charge in [0.05, 0.1) is 6.54 Å². The van der Waals surface area contributed by atoms with Gasteiger partial charge in [-0.25, -0.2) is 0 Å². The number of hydrogen-bond acceptors (Lipinski definition) is 5. The summed E-state index contributed by atoms with van der Waals surface area (Å²) < 4.78 is 0. The van der Waals surface area contributed by atoms with Crippen LogP contribution in [0.3, 0.4) is 0 Å². The largest absolute Gasteiger partial charge is 0.348 e. The number of benzene rings is 1. The zero-order valence-electron chi connectivity index (χ0n) is 14.3. The zero-order chi connectivity index (χ0) is 17.8. The first-order valence-corrected chi connectivity index (χ1v) is 9.23. The number of anilines is 1. The molecular weight excluding hydrogens is 336 g/mol. The monoisotopic (exact) mass is 358 g/mol. The third-order valence-corrected chi connectivity index (χ3v) is 5.36. The topological polar surface area (TPSA) is 65.0 Å². The second-order valence-electron chi connectivity index (χ2n) is 6.10. The van der Waals surface area contributed by atoms with Gasteiger partial charge in [0.1, 0.15) is 0 Å². The highest BCUT2D eigenvalue weighted by Crippen LogP contribution is 2.24. The molecule has 1 N–H and O–H groups in total. The summed E-state index contributed by atoms with van der Waals surface area (Å²) in [5, 5.41) is 4.34. The Morgan fingerprint density at radius 2 is 1.92 bits per heavy atom. The van der Waals surface area contributed by atoms with E-state index < -0.39 is 0 Å². The van der Waals surface area contributed by atoms with Crippen molar-refractivity contribution in [3.8, 4) is 0 Å². The van der Waals surface area contributed by atoms with Gasteiger partial charge in [-0.3, -0.25) is 14.6 Å². The average Bonchev–Trinajstić information content (AvgIpc) is 3.08. The molecule has 0 aliphatic carbocycles. The lowest BCUT2D eigenvalue weighted by Gasteiger charge is -2.35. The number of nitrogens with zero attached hydrogens (tertiary/aromatic N) is 3. The molecule has 2 amide bonds. The van der Waals surface area contributed by atoms with Gasteiger partial charge in [0, 0.05) is 42.7 Å². The minimum Gasteiger partial charge on any atom is -0.348 e. The molecule has 0 aromatic heterocycles. The van der Waals surface area contributed by atoms with Gasteiger partial charge >= 0.3 is 0 Å². The van der Waals surface area contributed by atoms with E-state index >= 15 is 0 Å². The lowest BCUT2D eigenvalue weighted by atomic mass is 10.1. The van der Waals surface area contributed by atoms with Gasteiger partial charge in [-0.05, 0) is 30.3 Å². The van der Waals surface area contributed by atoms with E-state index in [0.29, 0.717) is 29.6 Å². The first-order valence-electron chi connectivity index (χ1n) is 8.35. The fourth-order valence-electron chi connectivity index (χ4n) is 2.81. The summed E-state index contributed by atoms with van der Waals surface area (Å²) in [5.41, 5.74) is 1.28. The zero-order valence-corrected chi connectivity index (χ0v) is 15.1. The maximum Gasteiger partial charge on any atom is 0.253 e. The molecule has 6 nitrogen and oxygen atoms in total. The first-order chi connectivity index (χ1) is 12.1. The molecule has 1 fully saturated rings. The summed E-state index contributed by atoms with van der Waals surface area (Å²) in [6.45, 7) is 9.51. The van der Waals surface area contributed by atoms with Crippen molar-refractivity contribution in [1.29, 1.82) is 0 Å². The summed E-state index contributed by atoms with van der Waals surface area (Å²) >= 11 is 1.82. The standard InChI is InChI=1S/C18H22N4O2S/c1-3-16(23)20-15-6-4-14(5-7-15)17(24)21-8-10-22(11-9-21)18-19-12-13(2)25-18/h3-7,13H,1,8-12H2,2H3,(H,20,23). The quantitative estimate of drug-likeness (QED) is 0.840. The van der Waals surface area contributed by atoms with Gasteiger partial charge in [-0.1, -0.05) is 25.3 Å². The third-order valence-electron chi connectivity index (χ3n) is 4.21. The van der Waals surface area contributed by atoms with Crippen LogP contribution in [0.4, 0.5) is 5.69 Å². The summed E-state index contributed by atoms with van der Waals surface area (Å²) in [7, 11) is 0. The molecule has 1 atom stereocenters. The van der Waals surface area contributed by atoms with Crippen molar-refractivity contribution in [2.75, 3.05) is 38.0 Å². The van der Waals surface area contributed by atoms with Crippen LogP contribution in [-0.4, -0.2) is 64.8 Å². The number of nitrogens with one attached hydrogen (secondary N) is 1. The van der Waals surface area contributed by atoms with Crippen LogP contribution in [0.2, 0.25) is 0 Å². The van der Waals surface area contributed by atoms with Gasteiger partial charge in [0.2, 0.25) is 5.91 Å².